The van der Waals surface area contributed by atoms with Crippen LogP contribution in [-0.2, 0) is 0 Å². The van der Waals surface area contributed by atoms with Gasteiger partial charge in [-0.25, -0.2) is 5.43 Å². The summed E-state index contributed by atoms with van der Waals surface area (Å²) in [6.07, 6.45) is 8.49. The third-order valence-corrected chi connectivity index (χ3v) is 6.24. The average molecular weight is 477 g/mol. The maximum atomic E-state index is 11.3. The fourth-order valence-electron chi connectivity index (χ4n) is 4.44. The molecule has 0 spiro atoms. The molecule has 4 heterocycles. The number of piperidine rings is 2. The third kappa shape index (κ3) is 5.39. The first-order valence-electron chi connectivity index (χ1n) is 12.1. The number of anilines is 3. The molecular formula is C24H28N8O3. The van der Waals surface area contributed by atoms with E-state index >= 15 is 0 Å². The molecule has 2 aliphatic rings. The van der Waals surface area contributed by atoms with Crippen molar-refractivity contribution in [3.63, 3.8) is 0 Å². The molecule has 11 nitrogen and oxygen atoms in total. The lowest BCUT2D eigenvalue weighted by Gasteiger charge is -2.30. The van der Waals surface area contributed by atoms with Gasteiger partial charge in [0.15, 0.2) is 0 Å². The summed E-state index contributed by atoms with van der Waals surface area (Å²) in [7, 11) is 0. The van der Waals surface area contributed by atoms with Crippen molar-refractivity contribution in [3.8, 4) is 11.3 Å². The van der Waals surface area contributed by atoms with E-state index in [1.165, 1.54) is 25.1 Å². The molecule has 0 unspecified atom stereocenters. The van der Waals surface area contributed by atoms with Crippen LogP contribution in [0.5, 0.6) is 0 Å². The van der Waals surface area contributed by atoms with Crippen molar-refractivity contribution in [3.05, 3.63) is 52.3 Å². The second kappa shape index (κ2) is 10.5. The summed E-state index contributed by atoms with van der Waals surface area (Å²) < 4.78 is 5.77. The van der Waals surface area contributed by atoms with E-state index in [1.54, 1.807) is 30.3 Å². The Morgan fingerprint density at radius 2 is 1.51 bits per heavy atom. The van der Waals surface area contributed by atoms with E-state index in [0.29, 0.717) is 34.9 Å². The summed E-state index contributed by atoms with van der Waals surface area (Å²) in [5.74, 6) is 2.58. The standard InChI is InChI=1S/C24H28N8O3/c33-32(34)20-10-4-3-9-19(20)21-12-11-18(35-21)17-25-29-22-26-23(30-13-5-1-6-14-30)28-24(27-22)31-15-7-2-8-16-31/h3-4,9-12,17H,1-2,5-8,13-16H2,(H,26,27,28,29)/b25-17-. The highest BCUT2D eigenvalue weighted by Gasteiger charge is 2.20. The normalized spacial score (nSPS) is 16.6. The number of aromatic nitrogens is 3. The van der Waals surface area contributed by atoms with E-state index < -0.39 is 4.92 Å². The van der Waals surface area contributed by atoms with Crippen LogP contribution in [0.4, 0.5) is 23.5 Å². The van der Waals surface area contributed by atoms with Crippen molar-refractivity contribution in [2.45, 2.75) is 38.5 Å². The van der Waals surface area contributed by atoms with Gasteiger partial charge >= 0.3 is 0 Å². The smallest absolute Gasteiger partial charge is 0.280 e. The molecule has 2 aromatic heterocycles. The lowest BCUT2D eigenvalue weighted by atomic mass is 10.1. The number of furan rings is 1. The van der Waals surface area contributed by atoms with Crippen molar-refractivity contribution in [2.24, 2.45) is 5.10 Å². The molecule has 2 aliphatic heterocycles. The summed E-state index contributed by atoms with van der Waals surface area (Å²) in [6, 6.07) is 9.88. The zero-order valence-electron chi connectivity index (χ0n) is 19.5. The Morgan fingerprint density at radius 3 is 2.14 bits per heavy atom. The highest BCUT2D eigenvalue weighted by atomic mass is 16.6. The summed E-state index contributed by atoms with van der Waals surface area (Å²) in [4.78, 5) is 29.3. The Balaban J connectivity index is 1.34. The highest BCUT2D eigenvalue weighted by molar-refractivity contribution is 5.79. The molecule has 0 saturated carbocycles. The van der Waals surface area contributed by atoms with Crippen molar-refractivity contribution in [1.29, 1.82) is 0 Å². The molecule has 2 fully saturated rings. The van der Waals surface area contributed by atoms with Gasteiger partial charge in [0.25, 0.3) is 5.69 Å². The first-order chi connectivity index (χ1) is 17.2. The fourth-order valence-corrected chi connectivity index (χ4v) is 4.44. The largest absolute Gasteiger partial charge is 0.455 e. The molecule has 0 radical (unpaired) electrons. The Morgan fingerprint density at radius 1 is 0.886 bits per heavy atom. The summed E-state index contributed by atoms with van der Waals surface area (Å²) in [5, 5.41) is 15.6. The minimum atomic E-state index is -0.423. The Bertz CT molecular complexity index is 1160. The number of para-hydroxylation sites is 1. The molecule has 0 amide bonds. The molecule has 0 atom stereocenters. The zero-order chi connectivity index (χ0) is 24.0. The number of nitrogens with zero attached hydrogens (tertiary/aromatic N) is 7. The van der Waals surface area contributed by atoms with Crippen LogP contribution in [0.2, 0.25) is 0 Å². The van der Waals surface area contributed by atoms with Gasteiger partial charge in [0.1, 0.15) is 11.5 Å². The predicted octanol–water partition coefficient (Wildman–Crippen LogP) is 4.47. The van der Waals surface area contributed by atoms with Gasteiger partial charge in [-0.2, -0.15) is 20.1 Å². The van der Waals surface area contributed by atoms with Crippen LogP contribution in [0.3, 0.4) is 0 Å². The lowest BCUT2D eigenvalue weighted by molar-refractivity contribution is -0.384. The maximum Gasteiger partial charge on any atom is 0.280 e. The van der Waals surface area contributed by atoms with Crippen molar-refractivity contribution in [2.75, 3.05) is 41.4 Å². The molecule has 3 aromatic rings. The minimum Gasteiger partial charge on any atom is -0.455 e. The number of nitrogens with one attached hydrogen (secondary N) is 1. The molecule has 0 aliphatic carbocycles. The number of rotatable bonds is 7. The van der Waals surface area contributed by atoms with Gasteiger partial charge in [-0.1, -0.05) is 12.1 Å². The fraction of sp³-hybridized carbons (Fsp3) is 0.417. The van der Waals surface area contributed by atoms with Crippen LogP contribution in [0.15, 0.2) is 45.9 Å². The first-order valence-corrected chi connectivity index (χ1v) is 12.1. The number of nitro groups is 1. The second-order valence-electron chi connectivity index (χ2n) is 8.70. The second-order valence-corrected chi connectivity index (χ2v) is 8.70. The molecule has 0 bridgehead atoms. The average Bonchev–Trinajstić information content (AvgIpc) is 3.38. The van der Waals surface area contributed by atoms with Crippen molar-refractivity contribution >= 4 is 29.7 Å². The molecule has 35 heavy (non-hydrogen) atoms. The number of hydrazone groups is 1. The SMILES string of the molecule is O=[N+]([O-])c1ccccc1-c1ccc(/C=N\Nc2nc(N3CCCCC3)nc(N3CCCCC3)n2)o1. The molecule has 5 rings (SSSR count). The number of hydrogen-bond donors (Lipinski definition) is 1. The molecular weight excluding hydrogens is 448 g/mol. The number of hydrogen-bond acceptors (Lipinski definition) is 10. The molecule has 2 saturated heterocycles. The van der Waals surface area contributed by atoms with Gasteiger partial charge < -0.3 is 14.2 Å². The lowest BCUT2D eigenvalue weighted by Crippen LogP contribution is -2.34. The quantitative estimate of drug-likeness (QED) is 0.299. The zero-order valence-corrected chi connectivity index (χ0v) is 19.5. The topological polar surface area (TPSA) is 126 Å². The minimum absolute atomic E-state index is 0.0101. The Hall–Kier alpha value is -4.02. The maximum absolute atomic E-state index is 11.3. The van der Waals surface area contributed by atoms with Gasteiger partial charge in [-0.15, -0.1) is 0 Å². The number of nitro benzene ring substituents is 1. The Labute approximate surface area is 203 Å². The van der Waals surface area contributed by atoms with Crippen LogP contribution in [0.1, 0.15) is 44.3 Å². The van der Waals surface area contributed by atoms with Gasteiger partial charge in [0.05, 0.1) is 16.7 Å². The van der Waals surface area contributed by atoms with E-state index in [2.05, 4.69) is 30.3 Å². The van der Waals surface area contributed by atoms with Crippen LogP contribution in [0, 0.1) is 10.1 Å². The van der Waals surface area contributed by atoms with Gasteiger partial charge in [-0.3, -0.25) is 10.1 Å². The third-order valence-electron chi connectivity index (χ3n) is 6.24. The molecule has 1 aromatic carbocycles. The number of benzene rings is 1. The molecule has 1 N–H and O–H groups in total. The molecule has 11 heteroatoms. The van der Waals surface area contributed by atoms with E-state index in [0.717, 1.165) is 51.9 Å². The van der Waals surface area contributed by atoms with Gasteiger partial charge in [0.2, 0.25) is 17.8 Å². The van der Waals surface area contributed by atoms with E-state index in [-0.39, 0.29) is 5.69 Å². The summed E-state index contributed by atoms with van der Waals surface area (Å²) in [6.45, 7) is 3.75. The van der Waals surface area contributed by atoms with Gasteiger partial charge in [-0.05, 0) is 56.7 Å². The first kappa shape index (κ1) is 22.8. The summed E-state index contributed by atoms with van der Waals surface area (Å²) in [5.41, 5.74) is 3.32. The van der Waals surface area contributed by atoms with Gasteiger partial charge in [0, 0.05) is 32.2 Å². The van der Waals surface area contributed by atoms with Crippen LogP contribution in [-0.4, -0.2) is 52.3 Å². The van der Waals surface area contributed by atoms with Crippen LogP contribution >= 0.6 is 0 Å². The van der Waals surface area contributed by atoms with Crippen molar-refractivity contribution < 1.29 is 9.34 Å². The van der Waals surface area contributed by atoms with E-state index in [1.807, 2.05) is 0 Å². The van der Waals surface area contributed by atoms with E-state index in [4.69, 9.17) is 9.40 Å². The van der Waals surface area contributed by atoms with Crippen LogP contribution in [0.25, 0.3) is 11.3 Å². The van der Waals surface area contributed by atoms with Crippen molar-refractivity contribution in [1.82, 2.24) is 15.0 Å². The molecule has 182 valence electrons. The predicted molar refractivity (Wildman–Crippen MR) is 134 cm³/mol. The van der Waals surface area contributed by atoms with E-state index in [9.17, 15) is 10.1 Å². The highest BCUT2D eigenvalue weighted by Crippen LogP contribution is 2.30. The monoisotopic (exact) mass is 476 g/mol. The Kier molecular flexibility index (Phi) is 6.82. The summed E-state index contributed by atoms with van der Waals surface area (Å²) >= 11 is 0. The van der Waals surface area contributed by atoms with Crippen LogP contribution < -0.4 is 15.2 Å².